The maximum Gasteiger partial charge on any atom is 0.266 e. The van der Waals surface area contributed by atoms with Crippen molar-refractivity contribution >= 4 is 27.7 Å². The molecule has 0 bridgehead atoms. The van der Waals surface area contributed by atoms with E-state index in [4.69, 9.17) is 19.6 Å². The van der Waals surface area contributed by atoms with Crippen LogP contribution in [-0.4, -0.2) is 48.8 Å². The first-order valence-corrected chi connectivity index (χ1v) is 13.3. The first-order valence-electron chi connectivity index (χ1n) is 12.5. The summed E-state index contributed by atoms with van der Waals surface area (Å²) in [5, 5.41) is 8.92. The Labute approximate surface area is 226 Å². The zero-order valence-electron chi connectivity index (χ0n) is 20.7. The van der Waals surface area contributed by atoms with Gasteiger partial charge in [0.25, 0.3) is 5.91 Å². The molecule has 0 spiro atoms. The molecule has 1 atom stereocenters. The SMILES string of the molecule is O=C(NNCCCc1ccccc1)[C@]1(Cc2ccccc2Br)COC(c2ccc(OCCCO)cc2)=N1. The molecule has 0 fully saturated rings. The van der Waals surface area contributed by atoms with Crippen molar-refractivity contribution in [2.24, 2.45) is 4.99 Å². The van der Waals surface area contributed by atoms with E-state index in [9.17, 15) is 4.79 Å². The number of hydrazine groups is 1. The van der Waals surface area contributed by atoms with Crippen molar-refractivity contribution in [3.8, 4) is 5.75 Å². The van der Waals surface area contributed by atoms with E-state index in [1.54, 1.807) is 0 Å². The number of aliphatic hydroxyl groups is 1. The number of halogens is 1. The lowest BCUT2D eigenvalue weighted by Crippen LogP contribution is -2.53. The molecule has 4 rings (SSSR count). The minimum absolute atomic E-state index is 0.0896. The van der Waals surface area contributed by atoms with Crippen LogP contribution in [0.25, 0.3) is 0 Å². The highest BCUT2D eigenvalue weighted by Gasteiger charge is 2.45. The van der Waals surface area contributed by atoms with Gasteiger partial charge >= 0.3 is 0 Å². The topological polar surface area (TPSA) is 92.2 Å². The molecule has 0 radical (unpaired) electrons. The van der Waals surface area contributed by atoms with Crippen LogP contribution in [0.3, 0.4) is 0 Å². The Hall–Kier alpha value is -3.20. The minimum atomic E-state index is -1.11. The molecule has 1 aliphatic rings. The van der Waals surface area contributed by atoms with Crippen molar-refractivity contribution < 1.29 is 19.4 Å². The van der Waals surface area contributed by atoms with Crippen LogP contribution in [0.4, 0.5) is 0 Å². The Balaban J connectivity index is 1.44. The molecule has 3 N–H and O–H groups in total. The number of hydrogen-bond donors (Lipinski definition) is 3. The van der Waals surface area contributed by atoms with E-state index in [1.165, 1.54) is 5.56 Å². The normalized spacial score (nSPS) is 16.6. The number of nitrogens with one attached hydrogen (secondary N) is 2. The molecule has 194 valence electrons. The van der Waals surface area contributed by atoms with E-state index in [2.05, 4.69) is 38.9 Å². The van der Waals surface area contributed by atoms with E-state index >= 15 is 0 Å². The molecule has 0 aliphatic carbocycles. The second-order valence-corrected chi connectivity index (χ2v) is 9.78. The fourth-order valence-electron chi connectivity index (χ4n) is 4.07. The predicted molar refractivity (Wildman–Crippen MR) is 148 cm³/mol. The van der Waals surface area contributed by atoms with Gasteiger partial charge in [-0.15, -0.1) is 0 Å². The van der Waals surface area contributed by atoms with Gasteiger partial charge in [0.15, 0.2) is 5.54 Å². The highest BCUT2D eigenvalue weighted by atomic mass is 79.9. The number of hydrogen-bond acceptors (Lipinski definition) is 6. The number of benzene rings is 3. The van der Waals surface area contributed by atoms with Gasteiger partial charge in [0.1, 0.15) is 12.4 Å². The fraction of sp³-hybridized carbons (Fsp3) is 0.310. The summed E-state index contributed by atoms with van der Waals surface area (Å²) in [7, 11) is 0. The van der Waals surface area contributed by atoms with Crippen molar-refractivity contribution in [3.05, 3.63) is 100 Å². The third kappa shape index (κ3) is 7.41. The van der Waals surface area contributed by atoms with Crippen LogP contribution in [0.15, 0.2) is 88.3 Å². The third-order valence-corrected chi connectivity index (χ3v) is 6.88. The lowest BCUT2D eigenvalue weighted by atomic mass is 9.91. The summed E-state index contributed by atoms with van der Waals surface area (Å²) in [6, 6.07) is 25.5. The number of nitrogens with zero attached hydrogens (tertiary/aromatic N) is 1. The molecular weight excluding hydrogens is 534 g/mol. The third-order valence-electron chi connectivity index (χ3n) is 6.11. The van der Waals surface area contributed by atoms with Gasteiger partial charge in [-0.25, -0.2) is 10.4 Å². The first kappa shape index (κ1) is 26.9. The van der Waals surface area contributed by atoms with Crippen LogP contribution in [0.2, 0.25) is 0 Å². The summed E-state index contributed by atoms with van der Waals surface area (Å²) in [5.41, 5.74) is 7.85. The number of aliphatic imine (C=N–C) groups is 1. The molecule has 0 saturated heterocycles. The van der Waals surface area contributed by atoms with Crippen molar-refractivity contribution in [2.75, 3.05) is 26.4 Å². The summed E-state index contributed by atoms with van der Waals surface area (Å²) in [6.07, 6.45) is 2.78. The predicted octanol–water partition coefficient (Wildman–Crippen LogP) is 4.22. The lowest BCUT2D eigenvalue weighted by Gasteiger charge is -2.24. The second kappa shape index (κ2) is 13.4. The van der Waals surface area contributed by atoms with Crippen LogP contribution < -0.4 is 15.6 Å². The number of carbonyl (C=O) groups excluding carboxylic acids is 1. The van der Waals surface area contributed by atoms with Crippen LogP contribution in [-0.2, 0) is 22.4 Å². The van der Waals surface area contributed by atoms with Crippen LogP contribution in [0.1, 0.15) is 29.5 Å². The number of aliphatic hydroxyl groups excluding tert-OH is 1. The van der Waals surface area contributed by atoms with Gasteiger partial charge in [-0.3, -0.25) is 10.2 Å². The monoisotopic (exact) mass is 565 g/mol. The molecule has 37 heavy (non-hydrogen) atoms. The van der Waals surface area contributed by atoms with Crippen molar-refractivity contribution in [1.82, 2.24) is 10.9 Å². The number of amides is 1. The molecule has 1 aliphatic heterocycles. The summed E-state index contributed by atoms with van der Waals surface area (Å²) in [5.74, 6) is 0.892. The molecule has 8 heteroatoms. The molecular formula is C29H32BrN3O4. The molecule has 1 amide bonds. The number of rotatable bonds is 13. The number of aryl methyl sites for hydroxylation is 1. The molecule has 0 aromatic heterocycles. The highest BCUT2D eigenvalue weighted by molar-refractivity contribution is 9.10. The molecule has 0 unspecified atom stereocenters. The van der Waals surface area contributed by atoms with Gasteiger partial charge in [0.2, 0.25) is 5.90 Å². The average Bonchev–Trinajstić information content (AvgIpc) is 3.36. The summed E-state index contributed by atoms with van der Waals surface area (Å²) in [6.45, 7) is 1.31. The molecule has 0 saturated carbocycles. The van der Waals surface area contributed by atoms with Crippen molar-refractivity contribution in [1.29, 1.82) is 0 Å². The Morgan fingerprint density at radius 3 is 2.54 bits per heavy atom. The summed E-state index contributed by atoms with van der Waals surface area (Å²) >= 11 is 3.60. The van der Waals surface area contributed by atoms with Crippen LogP contribution in [0.5, 0.6) is 5.75 Å². The summed E-state index contributed by atoms with van der Waals surface area (Å²) < 4.78 is 12.5. The van der Waals surface area contributed by atoms with Gasteiger partial charge in [-0.05, 0) is 54.3 Å². The van der Waals surface area contributed by atoms with E-state index in [1.807, 2.05) is 66.7 Å². The maximum absolute atomic E-state index is 13.5. The van der Waals surface area contributed by atoms with Crippen LogP contribution in [0, 0.1) is 0 Å². The lowest BCUT2D eigenvalue weighted by molar-refractivity contribution is -0.127. The highest BCUT2D eigenvalue weighted by Crippen LogP contribution is 2.30. The van der Waals surface area contributed by atoms with Gasteiger partial charge in [0.05, 0.1) is 6.61 Å². The standard InChI is InChI=1S/C29H32BrN3O4/c30-26-12-5-4-11-24(26)20-29(28(35)33-31-17-6-10-22-8-2-1-3-9-22)21-37-27(32-29)23-13-15-25(16-14-23)36-19-7-18-34/h1-5,8-9,11-16,31,34H,6-7,10,17-21H2,(H,33,35)/t29-/m0/s1. The van der Waals surface area contributed by atoms with Crippen LogP contribution >= 0.6 is 15.9 Å². The van der Waals surface area contributed by atoms with Gasteiger partial charge < -0.3 is 14.6 Å². The van der Waals surface area contributed by atoms with Gasteiger partial charge in [-0.1, -0.05) is 64.5 Å². The minimum Gasteiger partial charge on any atom is -0.494 e. The first-order chi connectivity index (χ1) is 18.1. The maximum atomic E-state index is 13.5. The summed E-state index contributed by atoms with van der Waals surface area (Å²) in [4.78, 5) is 18.3. The zero-order chi connectivity index (χ0) is 25.9. The molecule has 3 aromatic rings. The Kier molecular flexibility index (Phi) is 9.71. The van der Waals surface area contributed by atoms with E-state index in [-0.39, 0.29) is 19.1 Å². The van der Waals surface area contributed by atoms with E-state index < -0.39 is 5.54 Å². The van der Waals surface area contributed by atoms with Gasteiger partial charge in [-0.2, -0.15) is 0 Å². The molecule has 3 aromatic carbocycles. The number of ether oxygens (including phenoxy) is 2. The van der Waals surface area contributed by atoms with Gasteiger partial charge in [0, 0.05) is 36.0 Å². The molecule has 1 heterocycles. The second-order valence-electron chi connectivity index (χ2n) is 8.93. The van der Waals surface area contributed by atoms with Crippen molar-refractivity contribution in [3.63, 3.8) is 0 Å². The zero-order valence-corrected chi connectivity index (χ0v) is 22.2. The largest absolute Gasteiger partial charge is 0.494 e. The Morgan fingerprint density at radius 2 is 1.78 bits per heavy atom. The molecule has 7 nitrogen and oxygen atoms in total. The van der Waals surface area contributed by atoms with Crippen molar-refractivity contribution in [2.45, 2.75) is 31.2 Å². The Bertz CT molecular complexity index is 1190. The quantitative estimate of drug-likeness (QED) is 0.213. The number of carbonyl (C=O) groups is 1. The smallest absolute Gasteiger partial charge is 0.266 e. The Morgan fingerprint density at radius 1 is 1.03 bits per heavy atom. The van der Waals surface area contributed by atoms with E-state index in [0.29, 0.717) is 37.6 Å². The average molecular weight is 566 g/mol. The van der Waals surface area contributed by atoms with E-state index in [0.717, 1.165) is 28.4 Å². The fourth-order valence-corrected chi connectivity index (χ4v) is 4.50.